The maximum Gasteiger partial charge on any atom is 0.344 e. The minimum Gasteiger partial charge on any atom is -0.481 e. The molecule has 1 aromatic heterocycles. The number of esters is 1. The summed E-state index contributed by atoms with van der Waals surface area (Å²) < 4.78 is 10.1. The summed E-state index contributed by atoms with van der Waals surface area (Å²) in [6.45, 7) is -0.912. The number of carbonyl (C=O) groups excluding carboxylic acids is 3. The summed E-state index contributed by atoms with van der Waals surface area (Å²) in [6, 6.07) is 13.7. The van der Waals surface area contributed by atoms with Gasteiger partial charge in [0.05, 0.1) is 11.3 Å². The van der Waals surface area contributed by atoms with Gasteiger partial charge in [-0.15, -0.1) is 11.3 Å². The molecule has 148 valence electrons. The molecule has 0 saturated carbocycles. The monoisotopic (exact) mass is 430 g/mol. The van der Waals surface area contributed by atoms with Gasteiger partial charge in [0.2, 0.25) is 0 Å². The van der Waals surface area contributed by atoms with Crippen LogP contribution >= 0.6 is 22.9 Å². The molecule has 0 unspecified atom stereocenters. The molecule has 1 heterocycles. The highest BCUT2D eigenvalue weighted by molar-refractivity contribution is 7.14. The van der Waals surface area contributed by atoms with Crippen molar-refractivity contribution in [3.8, 4) is 17.0 Å². The van der Waals surface area contributed by atoms with Gasteiger partial charge in [0.25, 0.3) is 5.91 Å². The molecule has 0 spiro atoms. The van der Waals surface area contributed by atoms with Crippen LogP contribution in [0.4, 0.5) is 5.13 Å². The zero-order valence-electron chi connectivity index (χ0n) is 15.0. The Balaban J connectivity index is 1.47. The Kier molecular flexibility index (Phi) is 6.94. The molecule has 0 fully saturated rings. The molecule has 0 aliphatic carbocycles. The Morgan fingerprint density at radius 2 is 1.86 bits per heavy atom. The van der Waals surface area contributed by atoms with Crippen LogP contribution in [0.25, 0.3) is 11.3 Å². The number of halogens is 1. The summed E-state index contributed by atoms with van der Waals surface area (Å²) in [7, 11) is 0. The maximum absolute atomic E-state index is 12.0. The lowest BCUT2D eigenvalue weighted by Crippen LogP contribution is -2.23. The van der Waals surface area contributed by atoms with Crippen LogP contribution in [0.2, 0.25) is 5.02 Å². The van der Waals surface area contributed by atoms with Gasteiger partial charge in [0.1, 0.15) is 5.75 Å². The summed E-state index contributed by atoms with van der Waals surface area (Å²) in [5.74, 6) is -1.01. The molecule has 3 aromatic rings. The SMILES string of the molecule is O=Cc1ccccc1OCC(=O)OCC(=O)Nc1nc(-c2ccccc2Cl)cs1. The van der Waals surface area contributed by atoms with E-state index in [2.05, 4.69) is 10.3 Å². The highest BCUT2D eigenvalue weighted by Gasteiger charge is 2.13. The standard InChI is InChI=1S/C20H15ClN2O5S/c21-15-7-3-2-6-14(15)16-12-29-20(22-16)23-18(25)10-28-19(26)11-27-17-8-4-1-5-13(17)9-24/h1-9,12H,10-11H2,(H,22,23,25). The van der Waals surface area contributed by atoms with Gasteiger partial charge in [-0.25, -0.2) is 9.78 Å². The normalized spacial score (nSPS) is 10.2. The first-order chi connectivity index (χ1) is 14.1. The van der Waals surface area contributed by atoms with Crippen LogP contribution in [0.3, 0.4) is 0 Å². The molecule has 0 atom stereocenters. The molecule has 3 rings (SSSR count). The first kappa shape index (κ1) is 20.5. The number of nitrogens with one attached hydrogen (secondary N) is 1. The highest BCUT2D eigenvalue weighted by atomic mass is 35.5. The quantitative estimate of drug-likeness (QED) is 0.431. The fourth-order valence-electron chi connectivity index (χ4n) is 2.31. The van der Waals surface area contributed by atoms with Crippen molar-refractivity contribution in [1.82, 2.24) is 4.98 Å². The molecule has 2 aromatic carbocycles. The maximum atomic E-state index is 12.0. The number of aromatic nitrogens is 1. The molecular formula is C20H15ClN2O5S. The zero-order chi connectivity index (χ0) is 20.6. The van der Waals surface area contributed by atoms with Crippen LogP contribution in [0.15, 0.2) is 53.9 Å². The Morgan fingerprint density at radius 3 is 2.66 bits per heavy atom. The van der Waals surface area contributed by atoms with Crippen molar-refractivity contribution in [2.24, 2.45) is 0 Å². The number of carbonyl (C=O) groups is 3. The zero-order valence-corrected chi connectivity index (χ0v) is 16.5. The number of amides is 1. The summed E-state index contributed by atoms with van der Waals surface area (Å²) in [5, 5.41) is 5.24. The van der Waals surface area contributed by atoms with Crippen LogP contribution in [0.5, 0.6) is 5.75 Å². The van der Waals surface area contributed by atoms with Gasteiger partial charge >= 0.3 is 5.97 Å². The van der Waals surface area contributed by atoms with E-state index in [0.29, 0.717) is 27.7 Å². The largest absolute Gasteiger partial charge is 0.481 e. The fourth-order valence-corrected chi connectivity index (χ4v) is 3.27. The second kappa shape index (κ2) is 9.81. The number of benzene rings is 2. The molecular weight excluding hydrogens is 416 g/mol. The number of nitrogens with zero attached hydrogens (tertiary/aromatic N) is 1. The molecule has 1 amide bonds. The first-order valence-electron chi connectivity index (χ1n) is 8.39. The van der Waals surface area contributed by atoms with Crippen LogP contribution < -0.4 is 10.1 Å². The Bertz CT molecular complexity index is 1040. The van der Waals surface area contributed by atoms with Crippen LogP contribution in [0.1, 0.15) is 10.4 Å². The second-order valence-corrected chi connectivity index (χ2v) is 6.94. The fraction of sp³-hybridized carbons (Fsp3) is 0.100. The van der Waals surface area contributed by atoms with Gasteiger partial charge in [-0.1, -0.05) is 41.9 Å². The Morgan fingerprint density at radius 1 is 1.10 bits per heavy atom. The van der Waals surface area contributed by atoms with Gasteiger partial charge in [-0.05, 0) is 18.2 Å². The molecule has 29 heavy (non-hydrogen) atoms. The van der Waals surface area contributed by atoms with Crippen molar-refractivity contribution in [3.63, 3.8) is 0 Å². The Labute approximate surface area is 175 Å². The van der Waals surface area contributed by atoms with Crippen molar-refractivity contribution in [2.75, 3.05) is 18.5 Å². The molecule has 7 nitrogen and oxygen atoms in total. The van der Waals surface area contributed by atoms with E-state index in [1.807, 2.05) is 18.2 Å². The highest BCUT2D eigenvalue weighted by Crippen LogP contribution is 2.30. The molecule has 1 N–H and O–H groups in total. The van der Waals surface area contributed by atoms with E-state index < -0.39 is 25.1 Å². The number of aldehydes is 1. The lowest BCUT2D eigenvalue weighted by atomic mass is 10.2. The van der Waals surface area contributed by atoms with E-state index in [1.54, 1.807) is 35.7 Å². The van der Waals surface area contributed by atoms with Gasteiger partial charge < -0.3 is 9.47 Å². The predicted octanol–water partition coefficient (Wildman–Crippen LogP) is 3.84. The van der Waals surface area contributed by atoms with Crippen molar-refractivity contribution >= 4 is 46.2 Å². The number of rotatable bonds is 8. The molecule has 0 aliphatic rings. The summed E-state index contributed by atoms with van der Waals surface area (Å²) in [4.78, 5) is 38.9. The second-order valence-electron chi connectivity index (χ2n) is 5.67. The minimum atomic E-state index is -0.739. The van der Waals surface area contributed by atoms with E-state index in [9.17, 15) is 14.4 Å². The number of para-hydroxylation sites is 1. The lowest BCUT2D eigenvalue weighted by molar-refractivity contribution is -0.149. The van der Waals surface area contributed by atoms with Crippen LogP contribution in [-0.2, 0) is 14.3 Å². The summed E-state index contributed by atoms with van der Waals surface area (Å²) in [5.41, 5.74) is 1.70. The number of hydrogen-bond donors (Lipinski definition) is 1. The third-order valence-corrected chi connectivity index (χ3v) is 4.74. The van der Waals surface area contributed by atoms with E-state index in [4.69, 9.17) is 21.1 Å². The van der Waals surface area contributed by atoms with Crippen molar-refractivity contribution in [2.45, 2.75) is 0 Å². The van der Waals surface area contributed by atoms with Crippen LogP contribution in [0, 0.1) is 0 Å². The number of anilines is 1. The molecule has 9 heteroatoms. The van der Waals surface area contributed by atoms with E-state index in [0.717, 1.165) is 5.56 Å². The third-order valence-electron chi connectivity index (χ3n) is 3.66. The van der Waals surface area contributed by atoms with Crippen molar-refractivity contribution < 1.29 is 23.9 Å². The summed E-state index contributed by atoms with van der Waals surface area (Å²) >= 11 is 7.37. The van der Waals surface area contributed by atoms with E-state index >= 15 is 0 Å². The average Bonchev–Trinajstić information content (AvgIpc) is 3.19. The number of ether oxygens (including phenoxy) is 2. The minimum absolute atomic E-state index is 0.263. The van der Waals surface area contributed by atoms with Crippen LogP contribution in [-0.4, -0.2) is 36.4 Å². The predicted molar refractivity (Wildman–Crippen MR) is 109 cm³/mol. The molecule has 0 saturated heterocycles. The van der Waals surface area contributed by atoms with E-state index in [1.165, 1.54) is 11.3 Å². The smallest absolute Gasteiger partial charge is 0.344 e. The average molecular weight is 431 g/mol. The van der Waals surface area contributed by atoms with Gasteiger partial charge in [0, 0.05) is 16.0 Å². The lowest BCUT2D eigenvalue weighted by Gasteiger charge is -2.08. The number of thiazole rings is 1. The molecule has 0 aliphatic heterocycles. The van der Waals surface area contributed by atoms with Crippen molar-refractivity contribution in [1.29, 1.82) is 0 Å². The van der Waals surface area contributed by atoms with Gasteiger partial charge in [-0.2, -0.15) is 0 Å². The third kappa shape index (κ3) is 5.63. The van der Waals surface area contributed by atoms with Crippen molar-refractivity contribution in [3.05, 3.63) is 64.5 Å². The summed E-state index contributed by atoms with van der Waals surface area (Å²) in [6.07, 6.45) is 0.624. The topological polar surface area (TPSA) is 94.6 Å². The molecule has 0 radical (unpaired) electrons. The number of hydrogen-bond acceptors (Lipinski definition) is 7. The first-order valence-corrected chi connectivity index (χ1v) is 9.65. The van der Waals surface area contributed by atoms with Gasteiger partial charge in [0.15, 0.2) is 24.6 Å². The Hall–Kier alpha value is -3.23. The molecule has 0 bridgehead atoms. The van der Waals surface area contributed by atoms with E-state index in [-0.39, 0.29) is 5.75 Å². The van der Waals surface area contributed by atoms with Gasteiger partial charge in [-0.3, -0.25) is 14.9 Å².